The number of benzene rings is 1. The minimum atomic E-state index is -0.115. The number of aromatic amines is 1. The van der Waals surface area contributed by atoms with Crippen molar-refractivity contribution in [1.29, 1.82) is 0 Å². The molecular weight excluding hydrogens is 254 g/mol. The summed E-state index contributed by atoms with van der Waals surface area (Å²) in [5.74, 6) is 0.608. The van der Waals surface area contributed by atoms with E-state index in [2.05, 4.69) is 20.4 Å². The van der Waals surface area contributed by atoms with Crippen LogP contribution in [0.25, 0.3) is 10.9 Å². The molecule has 0 amide bonds. The first-order valence-corrected chi connectivity index (χ1v) is 6.35. The third-order valence-corrected chi connectivity index (χ3v) is 3.12. The zero-order valence-electron chi connectivity index (χ0n) is 11.3. The molecule has 6 nitrogen and oxygen atoms in total. The van der Waals surface area contributed by atoms with Crippen LogP contribution in [0.15, 0.2) is 35.3 Å². The van der Waals surface area contributed by atoms with Crippen molar-refractivity contribution in [2.45, 2.75) is 13.5 Å². The Morgan fingerprint density at radius 2 is 2.15 bits per heavy atom. The predicted molar refractivity (Wildman–Crippen MR) is 77.6 cm³/mol. The second-order valence-electron chi connectivity index (χ2n) is 4.69. The van der Waals surface area contributed by atoms with Gasteiger partial charge in [-0.1, -0.05) is 12.1 Å². The lowest BCUT2D eigenvalue weighted by Gasteiger charge is -2.05. The first kappa shape index (κ1) is 12.4. The van der Waals surface area contributed by atoms with Crippen LogP contribution >= 0.6 is 0 Å². The molecule has 20 heavy (non-hydrogen) atoms. The van der Waals surface area contributed by atoms with Crippen molar-refractivity contribution in [3.8, 4) is 0 Å². The number of hydrogen-bond donors (Lipinski definition) is 2. The number of nitrogens with one attached hydrogen (secondary N) is 2. The summed E-state index contributed by atoms with van der Waals surface area (Å²) in [7, 11) is 1.87. The molecule has 0 fully saturated rings. The van der Waals surface area contributed by atoms with Gasteiger partial charge in [0, 0.05) is 13.2 Å². The Hall–Kier alpha value is -2.63. The molecule has 0 aliphatic heterocycles. The molecule has 0 spiro atoms. The van der Waals surface area contributed by atoms with Crippen molar-refractivity contribution in [3.05, 3.63) is 52.3 Å². The topological polar surface area (TPSA) is 75.6 Å². The smallest absolute Gasteiger partial charge is 0.258 e. The number of aromatic nitrogens is 4. The highest BCUT2D eigenvalue weighted by Gasteiger charge is 2.05. The molecule has 3 aromatic rings. The van der Waals surface area contributed by atoms with Gasteiger partial charge in [-0.2, -0.15) is 5.10 Å². The van der Waals surface area contributed by atoms with E-state index in [0.29, 0.717) is 23.3 Å². The molecular formula is C14H15N5O. The van der Waals surface area contributed by atoms with Crippen molar-refractivity contribution < 1.29 is 0 Å². The normalized spacial score (nSPS) is 10.9. The zero-order valence-corrected chi connectivity index (χ0v) is 11.3. The molecule has 2 aromatic heterocycles. The molecule has 0 saturated heterocycles. The molecule has 3 rings (SSSR count). The van der Waals surface area contributed by atoms with E-state index in [1.54, 1.807) is 10.7 Å². The lowest BCUT2D eigenvalue weighted by molar-refractivity contribution is 0.756. The second kappa shape index (κ2) is 4.80. The van der Waals surface area contributed by atoms with Crippen LogP contribution in [0.3, 0.4) is 0 Å². The van der Waals surface area contributed by atoms with E-state index in [1.165, 1.54) is 0 Å². The van der Waals surface area contributed by atoms with Crippen molar-refractivity contribution in [2.75, 3.05) is 5.32 Å². The molecule has 0 aliphatic carbocycles. The fourth-order valence-corrected chi connectivity index (χ4v) is 2.17. The molecule has 0 unspecified atom stereocenters. The van der Waals surface area contributed by atoms with E-state index in [0.717, 1.165) is 11.4 Å². The maximum absolute atomic E-state index is 11.9. The van der Waals surface area contributed by atoms with E-state index in [-0.39, 0.29) is 5.56 Å². The van der Waals surface area contributed by atoms with E-state index in [9.17, 15) is 4.79 Å². The summed E-state index contributed by atoms with van der Waals surface area (Å²) in [4.78, 5) is 19.2. The number of H-pyrrole nitrogens is 1. The van der Waals surface area contributed by atoms with E-state index >= 15 is 0 Å². The third kappa shape index (κ3) is 2.27. The van der Waals surface area contributed by atoms with Gasteiger partial charge in [0.2, 0.25) is 0 Å². The summed E-state index contributed by atoms with van der Waals surface area (Å²) in [6.45, 7) is 2.38. The van der Waals surface area contributed by atoms with Gasteiger partial charge in [-0.15, -0.1) is 0 Å². The molecule has 0 atom stereocenters. The average Bonchev–Trinajstić information content (AvgIpc) is 2.75. The number of nitrogens with zero attached hydrogens (tertiary/aromatic N) is 3. The summed E-state index contributed by atoms with van der Waals surface area (Å²) in [6.07, 6.45) is 1.90. The maximum Gasteiger partial charge on any atom is 0.258 e. The Labute approximate surface area is 115 Å². The predicted octanol–water partition coefficient (Wildman–Crippen LogP) is 1.58. The number of aryl methyl sites for hydroxylation is 2. The Morgan fingerprint density at radius 3 is 2.90 bits per heavy atom. The van der Waals surface area contributed by atoms with Gasteiger partial charge < -0.3 is 10.3 Å². The summed E-state index contributed by atoms with van der Waals surface area (Å²) in [5, 5.41) is 8.08. The number of fused-ring (bicyclic) bond motifs is 1. The molecule has 1 aromatic carbocycles. The van der Waals surface area contributed by atoms with Gasteiger partial charge >= 0.3 is 0 Å². The van der Waals surface area contributed by atoms with Crippen molar-refractivity contribution >= 4 is 16.6 Å². The fourth-order valence-electron chi connectivity index (χ4n) is 2.17. The lowest BCUT2D eigenvalue weighted by Crippen LogP contribution is -2.14. The minimum Gasteiger partial charge on any atom is -0.375 e. The summed E-state index contributed by atoms with van der Waals surface area (Å²) in [6, 6.07) is 7.31. The largest absolute Gasteiger partial charge is 0.375 e. The van der Waals surface area contributed by atoms with Gasteiger partial charge in [-0.05, 0) is 19.1 Å². The second-order valence-corrected chi connectivity index (χ2v) is 4.69. The van der Waals surface area contributed by atoms with Gasteiger partial charge in [-0.25, -0.2) is 4.98 Å². The summed E-state index contributed by atoms with van der Waals surface area (Å²) in [5.41, 5.74) is 2.44. The minimum absolute atomic E-state index is 0.115. The Bertz CT molecular complexity index is 818. The monoisotopic (exact) mass is 269 g/mol. The van der Waals surface area contributed by atoms with Crippen molar-refractivity contribution in [2.24, 2.45) is 7.05 Å². The molecule has 2 N–H and O–H groups in total. The van der Waals surface area contributed by atoms with Gasteiger partial charge in [0.1, 0.15) is 5.82 Å². The van der Waals surface area contributed by atoms with Crippen LogP contribution in [0, 0.1) is 6.92 Å². The molecule has 0 saturated carbocycles. The van der Waals surface area contributed by atoms with Crippen LogP contribution in [0.1, 0.15) is 11.5 Å². The SMILES string of the molecule is Cc1nn(C)cc1NCc1nc2ccccc2c(=O)[nH]1. The first-order chi connectivity index (χ1) is 9.63. The maximum atomic E-state index is 11.9. The number of hydrogen-bond acceptors (Lipinski definition) is 4. The molecule has 6 heteroatoms. The van der Waals surface area contributed by atoms with Gasteiger partial charge in [0.05, 0.1) is 28.8 Å². The quantitative estimate of drug-likeness (QED) is 0.757. The molecule has 0 radical (unpaired) electrons. The van der Waals surface area contributed by atoms with Gasteiger partial charge in [-0.3, -0.25) is 9.48 Å². The van der Waals surface area contributed by atoms with E-state index < -0.39 is 0 Å². The molecule has 2 heterocycles. The average molecular weight is 269 g/mol. The number of para-hydroxylation sites is 1. The summed E-state index contributed by atoms with van der Waals surface area (Å²) >= 11 is 0. The molecule has 102 valence electrons. The van der Waals surface area contributed by atoms with Crippen LogP contribution in [-0.2, 0) is 13.6 Å². The van der Waals surface area contributed by atoms with Gasteiger partial charge in [0.25, 0.3) is 5.56 Å². The first-order valence-electron chi connectivity index (χ1n) is 6.35. The third-order valence-electron chi connectivity index (χ3n) is 3.12. The van der Waals surface area contributed by atoms with Crippen molar-refractivity contribution in [3.63, 3.8) is 0 Å². The zero-order chi connectivity index (χ0) is 14.1. The number of anilines is 1. The van der Waals surface area contributed by atoms with Crippen LogP contribution < -0.4 is 10.9 Å². The van der Waals surface area contributed by atoms with Crippen LogP contribution in [-0.4, -0.2) is 19.7 Å². The fraction of sp³-hybridized carbons (Fsp3) is 0.214. The number of rotatable bonds is 3. The summed E-state index contributed by atoms with van der Waals surface area (Å²) < 4.78 is 1.74. The highest BCUT2D eigenvalue weighted by atomic mass is 16.1. The molecule has 0 bridgehead atoms. The Balaban J connectivity index is 1.88. The molecule has 0 aliphatic rings. The highest BCUT2D eigenvalue weighted by Crippen LogP contribution is 2.12. The standard InChI is InChI=1S/C14H15N5O/c1-9-12(8-19(2)18-9)15-7-13-16-11-6-4-3-5-10(11)14(20)17-13/h3-6,8,15H,7H2,1-2H3,(H,16,17,20). The van der Waals surface area contributed by atoms with E-state index in [4.69, 9.17) is 0 Å². The van der Waals surface area contributed by atoms with Gasteiger partial charge in [0.15, 0.2) is 0 Å². The van der Waals surface area contributed by atoms with E-state index in [1.807, 2.05) is 38.4 Å². The Morgan fingerprint density at radius 1 is 1.35 bits per heavy atom. The van der Waals surface area contributed by atoms with Crippen LogP contribution in [0.4, 0.5) is 5.69 Å². The Kier molecular flexibility index (Phi) is 2.98. The van der Waals surface area contributed by atoms with Crippen LogP contribution in [0.5, 0.6) is 0 Å². The van der Waals surface area contributed by atoms with Crippen molar-refractivity contribution in [1.82, 2.24) is 19.7 Å². The lowest BCUT2D eigenvalue weighted by atomic mass is 10.2. The van der Waals surface area contributed by atoms with Crippen LogP contribution in [0.2, 0.25) is 0 Å². The highest BCUT2D eigenvalue weighted by molar-refractivity contribution is 5.77.